The van der Waals surface area contributed by atoms with Crippen molar-refractivity contribution >= 4 is 24.0 Å². The molecular formula is C19H15NO2. The summed E-state index contributed by atoms with van der Waals surface area (Å²) >= 11 is 0. The molecule has 0 spiro atoms. The summed E-state index contributed by atoms with van der Waals surface area (Å²) in [5.41, 5.74) is 3.47. The Hall–Kier alpha value is -2.94. The van der Waals surface area contributed by atoms with E-state index in [0.29, 0.717) is 11.6 Å². The van der Waals surface area contributed by atoms with E-state index in [1.807, 2.05) is 67.6 Å². The maximum atomic E-state index is 11.8. The zero-order chi connectivity index (χ0) is 15.4. The van der Waals surface area contributed by atoms with Crippen molar-refractivity contribution < 1.29 is 9.53 Å². The molecule has 2 aromatic carbocycles. The number of aliphatic imine (C=N–C) groups is 1. The van der Waals surface area contributed by atoms with Gasteiger partial charge in [0.2, 0.25) is 5.90 Å². The Morgan fingerprint density at radius 3 is 2.36 bits per heavy atom. The van der Waals surface area contributed by atoms with Gasteiger partial charge in [-0.05, 0) is 30.2 Å². The summed E-state index contributed by atoms with van der Waals surface area (Å²) in [5, 5.41) is 0. The monoisotopic (exact) mass is 289 g/mol. The molecular weight excluding hydrogens is 274 g/mol. The molecule has 0 unspecified atom stereocenters. The lowest BCUT2D eigenvalue weighted by Gasteiger charge is -1.94. The first kappa shape index (κ1) is 14.0. The van der Waals surface area contributed by atoms with Gasteiger partial charge >= 0.3 is 5.97 Å². The molecule has 0 radical (unpaired) electrons. The molecule has 0 fully saturated rings. The molecule has 0 bridgehead atoms. The largest absolute Gasteiger partial charge is 0.403 e. The maximum Gasteiger partial charge on any atom is 0.363 e. The predicted molar refractivity (Wildman–Crippen MR) is 88.2 cm³/mol. The summed E-state index contributed by atoms with van der Waals surface area (Å²) in [5.74, 6) is -0.111. The van der Waals surface area contributed by atoms with E-state index < -0.39 is 5.97 Å². The van der Waals surface area contributed by atoms with E-state index in [4.69, 9.17) is 4.74 Å². The number of carbonyl (C=O) groups excluding carboxylic acids is 1. The number of benzene rings is 2. The summed E-state index contributed by atoms with van der Waals surface area (Å²) in [6.07, 6.45) is 5.29. The highest BCUT2D eigenvalue weighted by Gasteiger charge is 2.20. The average Bonchev–Trinajstić information content (AvgIpc) is 2.88. The Balaban J connectivity index is 1.78. The van der Waals surface area contributed by atoms with E-state index >= 15 is 0 Å². The van der Waals surface area contributed by atoms with Crippen LogP contribution in [0.1, 0.15) is 16.7 Å². The molecule has 108 valence electrons. The summed E-state index contributed by atoms with van der Waals surface area (Å²) < 4.78 is 5.15. The van der Waals surface area contributed by atoms with Gasteiger partial charge in [-0.25, -0.2) is 9.79 Å². The van der Waals surface area contributed by atoms with Gasteiger partial charge in [0.05, 0.1) is 0 Å². The van der Waals surface area contributed by atoms with Gasteiger partial charge in [-0.3, -0.25) is 0 Å². The van der Waals surface area contributed by atoms with Crippen LogP contribution in [-0.4, -0.2) is 11.9 Å². The van der Waals surface area contributed by atoms with Gasteiger partial charge < -0.3 is 4.74 Å². The van der Waals surface area contributed by atoms with E-state index in [2.05, 4.69) is 4.99 Å². The lowest BCUT2D eigenvalue weighted by molar-refractivity contribution is -0.129. The predicted octanol–water partition coefficient (Wildman–Crippen LogP) is 4.00. The number of esters is 1. The molecule has 0 atom stereocenters. The highest BCUT2D eigenvalue weighted by Crippen LogP contribution is 2.16. The van der Waals surface area contributed by atoms with Crippen molar-refractivity contribution in [3.63, 3.8) is 0 Å². The first-order valence-corrected chi connectivity index (χ1v) is 7.03. The van der Waals surface area contributed by atoms with Gasteiger partial charge in [-0.1, -0.05) is 60.2 Å². The lowest BCUT2D eigenvalue weighted by atomic mass is 10.1. The second-order valence-corrected chi connectivity index (χ2v) is 5.02. The third kappa shape index (κ3) is 3.38. The number of ether oxygens (including phenoxy) is 1. The van der Waals surface area contributed by atoms with Gasteiger partial charge in [0.1, 0.15) is 0 Å². The summed E-state index contributed by atoms with van der Waals surface area (Å²) in [4.78, 5) is 16.0. The van der Waals surface area contributed by atoms with Crippen molar-refractivity contribution in [2.24, 2.45) is 4.99 Å². The lowest BCUT2D eigenvalue weighted by Crippen LogP contribution is -2.01. The maximum absolute atomic E-state index is 11.8. The molecule has 0 aromatic heterocycles. The average molecular weight is 289 g/mol. The highest BCUT2D eigenvalue weighted by molar-refractivity contribution is 6.11. The Bertz CT molecular complexity index is 769. The van der Waals surface area contributed by atoms with Crippen LogP contribution in [0.25, 0.3) is 12.2 Å². The fraction of sp³-hybridized carbons (Fsp3) is 0.0526. The number of carbonyl (C=O) groups is 1. The number of hydrogen-bond donors (Lipinski definition) is 0. The SMILES string of the molecule is Cc1ccc(/C=C/C2=NC(=Cc3ccccc3)C(=O)O2)cc1. The molecule has 3 heteroatoms. The Morgan fingerprint density at radius 1 is 0.909 bits per heavy atom. The molecule has 1 aliphatic rings. The zero-order valence-corrected chi connectivity index (χ0v) is 12.2. The van der Waals surface area contributed by atoms with E-state index in [-0.39, 0.29) is 0 Å². The quantitative estimate of drug-likeness (QED) is 0.632. The minimum atomic E-state index is -0.424. The van der Waals surface area contributed by atoms with E-state index in [1.54, 1.807) is 12.2 Å². The van der Waals surface area contributed by atoms with Crippen LogP contribution in [0.4, 0.5) is 0 Å². The third-order valence-corrected chi connectivity index (χ3v) is 3.24. The van der Waals surface area contributed by atoms with Crippen LogP contribution >= 0.6 is 0 Å². The normalized spacial score (nSPS) is 16.1. The van der Waals surface area contributed by atoms with Crippen LogP contribution in [-0.2, 0) is 9.53 Å². The number of hydrogen-bond acceptors (Lipinski definition) is 3. The van der Waals surface area contributed by atoms with Crippen LogP contribution in [0.5, 0.6) is 0 Å². The van der Waals surface area contributed by atoms with Crippen LogP contribution in [0, 0.1) is 6.92 Å². The van der Waals surface area contributed by atoms with Crippen molar-refractivity contribution in [3.05, 3.63) is 83.1 Å². The molecule has 0 amide bonds. The molecule has 0 saturated carbocycles. The summed E-state index contributed by atoms with van der Waals surface area (Å²) in [7, 11) is 0. The molecule has 3 rings (SSSR count). The molecule has 2 aromatic rings. The molecule has 0 N–H and O–H groups in total. The molecule has 1 aliphatic heterocycles. The smallest absolute Gasteiger partial charge is 0.363 e. The second-order valence-electron chi connectivity index (χ2n) is 5.02. The number of rotatable bonds is 3. The standard InChI is InChI=1S/C19H15NO2/c1-14-7-9-15(10-8-14)11-12-18-20-17(19(21)22-18)13-16-5-3-2-4-6-16/h2-13H,1H3/b12-11+,17-13?. The highest BCUT2D eigenvalue weighted by atomic mass is 16.6. The number of nitrogens with zero attached hydrogens (tertiary/aromatic N) is 1. The van der Waals surface area contributed by atoms with Crippen LogP contribution < -0.4 is 0 Å². The van der Waals surface area contributed by atoms with Gasteiger partial charge in [0, 0.05) is 6.08 Å². The van der Waals surface area contributed by atoms with E-state index in [0.717, 1.165) is 11.1 Å². The van der Waals surface area contributed by atoms with Crippen molar-refractivity contribution in [2.75, 3.05) is 0 Å². The first-order chi connectivity index (χ1) is 10.7. The minimum absolute atomic E-state index is 0.313. The Labute approximate surface area is 129 Å². The third-order valence-electron chi connectivity index (χ3n) is 3.24. The topological polar surface area (TPSA) is 38.7 Å². The van der Waals surface area contributed by atoms with Crippen molar-refractivity contribution in [1.82, 2.24) is 0 Å². The Morgan fingerprint density at radius 2 is 1.64 bits per heavy atom. The summed E-state index contributed by atoms with van der Waals surface area (Å²) in [6, 6.07) is 17.6. The van der Waals surface area contributed by atoms with Gasteiger partial charge in [-0.15, -0.1) is 0 Å². The van der Waals surface area contributed by atoms with Crippen molar-refractivity contribution in [2.45, 2.75) is 6.92 Å². The van der Waals surface area contributed by atoms with E-state index in [1.165, 1.54) is 5.56 Å². The van der Waals surface area contributed by atoms with E-state index in [9.17, 15) is 4.79 Å². The van der Waals surface area contributed by atoms with Crippen LogP contribution in [0.2, 0.25) is 0 Å². The number of aryl methyl sites for hydroxylation is 1. The van der Waals surface area contributed by atoms with Crippen LogP contribution in [0.3, 0.4) is 0 Å². The van der Waals surface area contributed by atoms with Gasteiger partial charge in [0.25, 0.3) is 0 Å². The molecule has 0 saturated heterocycles. The molecule has 3 nitrogen and oxygen atoms in total. The van der Waals surface area contributed by atoms with Crippen LogP contribution in [0.15, 0.2) is 71.4 Å². The number of cyclic esters (lactones) is 1. The zero-order valence-electron chi connectivity index (χ0n) is 12.2. The second kappa shape index (κ2) is 6.22. The first-order valence-electron chi connectivity index (χ1n) is 7.03. The van der Waals surface area contributed by atoms with Crippen molar-refractivity contribution in [3.8, 4) is 0 Å². The van der Waals surface area contributed by atoms with Crippen molar-refractivity contribution in [1.29, 1.82) is 0 Å². The summed E-state index contributed by atoms with van der Waals surface area (Å²) in [6.45, 7) is 2.04. The van der Waals surface area contributed by atoms with Gasteiger partial charge in [-0.2, -0.15) is 0 Å². The minimum Gasteiger partial charge on any atom is -0.403 e. The molecule has 22 heavy (non-hydrogen) atoms. The molecule has 0 aliphatic carbocycles. The van der Waals surface area contributed by atoms with Gasteiger partial charge in [0.15, 0.2) is 5.70 Å². The fourth-order valence-electron chi connectivity index (χ4n) is 2.05. The fourth-order valence-corrected chi connectivity index (χ4v) is 2.05. The Kier molecular flexibility index (Phi) is 3.97. The molecule has 1 heterocycles.